The summed E-state index contributed by atoms with van der Waals surface area (Å²) in [6.45, 7) is 4.34. The van der Waals surface area contributed by atoms with Gasteiger partial charge >= 0.3 is 0 Å². The van der Waals surface area contributed by atoms with Crippen molar-refractivity contribution in [2.24, 2.45) is 0 Å². The molecule has 0 aliphatic carbocycles. The lowest BCUT2D eigenvalue weighted by Gasteiger charge is -2.23. The molecule has 0 unspecified atom stereocenters. The van der Waals surface area contributed by atoms with E-state index < -0.39 is 0 Å². The lowest BCUT2D eigenvalue weighted by Crippen LogP contribution is -2.39. The van der Waals surface area contributed by atoms with Crippen LogP contribution >= 0.6 is 0 Å². The Hall–Kier alpha value is -2.74. The number of nitrogens with zero attached hydrogens (tertiary/aromatic N) is 4. The number of fused-ring (bicyclic) bond motifs is 1. The van der Waals surface area contributed by atoms with Gasteiger partial charge in [0.2, 0.25) is 5.91 Å². The molecule has 142 valence electrons. The Labute approximate surface area is 157 Å². The lowest BCUT2D eigenvalue weighted by atomic mass is 10.1. The van der Waals surface area contributed by atoms with Crippen LogP contribution in [0.2, 0.25) is 0 Å². The minimum absolute atomic E-state index is 0.0488. The van der Waals surface area contributed by atoms with Crippen molar-refractivity contribution in [3.05, 3.63) is 41.2 Å². The maximum atomic E-state index is 12.5. The summed E-state index contributed by atoms with van der Waals surface area (Å²) in [4.78, 5) is 26.8. The van der Waals surface area contributed by atoms with Crippen molar-refractivity contribution in [2.75, 3.05) is 31.1 Å². The van der Waals surface area contributed by atoms with E-state index in [4.69, 9.17) is 0 Å². The zero-order valence-electron chi connectivity index (χ0n) is 15.4. The number of carbonyl (C=O) groups excluding carboxylic acids is 2. The second kappa shape index (κ2) is 7.48. The van der Waals surface area contributed by atoms with Gasteiger partial charge in [0.15, 0.2) is 5.69 Å². The SMILES string of the molecule is Cc1c(C(=O)NCC(=O)N2CCc3ccccc32)nnn1C1CCNCC1. The van der Waals surface area contributed by atoms with Gasteiger partial charge in [0.25, 0.3) is 5.91 Å². The van der Waals surface area contributed by atoms with Gasteiger partial charge in [-0.1, -0.05) is 23.4 Å². The van der Waals surface area contributed by atoms with Crippen molar-refractivity contribution in [2.45, 2.75) is 32.2 Å². The molecule has 1 saturated heterocycles. The predicted octanol–water partition coefficient (Wildman–Crippen LogP) is 0.830. The largest absolute Gasteiger partial charge is 0.341 e. The van der Waals surface area contributed by atoms with Crippen LogP contribution in [0.5, 0.6) is 0 Å². The number of nitrogens with one attached hydrogen (secondary N) is 2. The highest BCUT2D eigenvalue weighted by Gasteiger charge is 2.26. The summed E-state index contributed by atoms with van der Waals surface area (Å²) < 4.78 is 1.84. The van der Waals surface area contributed by atoms with E-state index in [-0.39, 0.29) is 24.4 Å². The minimum Gasteiger partial charge on any atom is -0.341 e. The predicted molar refractivity (Wildman–Crippen MR) is 101 cm³/mol. The molecule has 2 aliphatic heterocycles. The molecule has 0 spiro atoms. The molecule has 2 amide bonds. The van der Waals surface area contributed by atoms with Crippen molar-refractivity contribution < 1.29 is 9.59 Å². The summed E-state index contributed by atoms with van der Waals surface area (Å²) in [5.74, 6) is -0.467. The van der Waals surface area contributed by atoms with Crippen LogP contribution in [0.1, 0.15) is 40.6 Å². The van der Waals surface area contributed by atoms with Crippen LogP contribution in [0.4, 0.5) is 5.69 Å². The fraction of sp³-hybridized carbons (Fsp3) is 0.474. The van der Waals surface area contributed by atoms with Crippen molar-refractivity contribution >= 4 is 17.5 Å². The maximum absolute atomic E-state index is 12.5. The number of carbonyl (C=O) groups is 2. The number of hydrogen-bond donors (Lipinski definition) is 2. The first-order chi connectivity index (χ1) is 13.1. The van der Waals surface area contributed by atoms with E-state index in [1.807, 2.05) is 35.9 Å². The molecule has 0 radical (unpaired) electrons. The second-order valence-electron chi connectivity index (χ2n) is 7.06. The highest BCUT2D eigenvalue weighted by Crippen LogP contribution is 2.27. The third kappa shape index (κ3) is 3.44. The molecule has 8 nitrogen and oxygen atoms in total. The van der Waals surface area contributed by atoms with E-state index in [9.17, 15) is 9.59 Å². The summed E-state index contributed by atoms with van der Waals surface area (Å²) in [6, 6.07) is 8.14. The minimum atomic E-state index is -0.353. The normalized spacial score (nSPS) is 17.0. The van der Waals surface area contributed by atoms with Crippen LogP contribution < -0.4 is 15.5 Å². The van der Waals surface area contributed by atoms with Gasteiger partial charge in [-0.3, -0.25) is 9.59 Å². The van der Waals surface area contributed by atoms with Crippen LogP contribution in [0.3, 0.4) is 0 Å². The van der Waals surface area contributed by atoms with E-state index in [1.165, 1.54) is 0 Å². The number of para-hydroxylation sites is 1. The second-order valence-corrected chi connectivity index (χ2v) is 7.06. The number of benzene rings is 1. The third-order valence-electron chi connectivity index (χ3n) is 5.39. The van der Waals surface area contributed by atoms with Gasteiger partial charge in [0.05, 0.1) is 18.3 Å². The molecule has 27 heavy (non-hydrogen) atoms. The Kier molecular flexibility index (Phi) is 4.89. The Morgan fingerprint density at radius 2 is 2.04 bits per heavy atom. The molecular weight excluding hydrogens is 344 g/mol. The van der Waals surface area contributed by atoms with Gasteiger partial charge in [0.1, 0.15) is 0 Å². The molecule has 2 aliphatic rings. The number of aromatic nitrogens is 3. The Morgan fingerprint density at radius 1 is 1.26 bits per heavy atom. The van der Waals surface area contributed by atoms with Crippen molar-refractivity contribution in [3.8, 4) is 0 Å². The lowest BCUT2D eigenvalue weighted by molar-refractivity contribution is -0.117. The fourth-order valence-corrected chi connectivity index (χ4v) is 3.88. The standard InChI is InChI=1S/C19H24N6O2/c1-13-18(22-23-25(13)15-6-9-20-10-7-15)19(27)21-12-17(26)24-11-8-14-4-2-3-5-16(14)24/h2-5,15,20H,6-12H2,1H3,(H,21,27). The summed E-state index contributed by atoms with van der Waals surface area (Å²) in [7, 11) is 0. The Bertz CT molecular complexity index is 856. The zero-order chi connectivity index (χ0) is 18.8. The first-order valence-electron chi connectivity index (χ1n) is 9.44. The Balaban J connectivity index is 1.39. The summed E-state index contributed by atoms with van der Waals surface area (Å²) in [6.07, 6.45) is 2.79. The maximum Gasteiger partial charge on any atom is 0.274 e. The number of hydrogen-bond acceptors (Lipinski definition) is 5. The van der Waals surface area contributed by atoms with Gasteiger partial charge in [-0.15, -0.1) is 5.10 Å². The summed E-state index contributed by atoms with van der Waals surface area (Å²) in [5.41, 5.74) is 3.14. The van der Waals surface area contributed by atoms with Crippen LogP contribution in [-0.2, 0) is 11.2 Å². The molecule has 1 aromatic heterocycles. The summed E-state index contributed by atoms with van der Waals surface area (Å²) >= 11 is 0. The fourth-order valence-electron chi connectivity index (χ4n) is 3.88. The molecule has 8 heteroatoms. The van der Waals surface area contributed by atoms with E-state index in [2.05, 4.69) is 20.9 Å². The highest BCUT2D eigenvalue weighted by atomic mass is 16.2. The molecule has 2 aromatic rings. The van der Waals surface area contributed by atoms with Crippen molar-refractivity contribution in [1.29, 1.82) is 0 Å². The Morgan fingerprint density at radius 3 is 2.85 bits per heavy atom. The first-order valence-corrected chi connectivity index (χ1v) is 9.44. The molecule has 0 atom stereocenters. The van der Waals surface area contributed by atoms with E-state index >= 15 is 0 Å². The molecule has 0 bridgehead atoms. The highest BCUT2D eigenvalue weighted by molar-refractivity contribution is 6.01. The van der Waals surface area contributed by atoms with E-state index in [0.29, 0.717) is 12.2 Å². The average molecular weight is 368 g/mol. The van der Waals surface area contributed by atoms with Gasteiger partial charge in [-0.05, 0) is 50.9 Å². The van der Waals surface area contributed by atoms with Crippen LogP contribution in [0.25, 0.3) is 0 Å². The summed E-state index contributed by atoms with van der Waals surface area (Å²) in [5, 5.41) is 14.3. The van der Waals surface area contributed by atoms with Crippen LogP contribution in [-0.4, -0.2) is 53.0 Å². The quantitative estimate of drug-likeness (QED) is 0.834. The smallest absolute Gasteiger partial charge is 0.274 e. The van der Waals surface area contributed by atoms with E-state index in [1.54, 1.807) is 4.90 Å². The van der Waals surface area contributed by atoms with E-state index in [0.717, 1.165) is 49.3 Å². The zero-order valence-corrected chi connectivity index (χ0v) is 15.4. The number of anilines is 1. The third-order valence-corrected chi connectivity index (χ3v) is 5.39. The monoisotopic (exact) mass is 368 g/mol. The molecular formula is C19H24N6O2. The van der Waals surface area contributed by atoms with Crippen LogP contribution in [0.15, 0.2) is 24.3 Å². The number of amides is 2. The van der Waals surface area contributed by atoms with Crippen molar-refractivity contribution in [1.82, 2.24) is 25.6 Å². The van der Waals surface area contributed by atoms with Gasteiger partial charge in [-0.25, -0.2) is 4.68 Å². The van der Waals surface area contributed by atoms with Gasteiger partial charge < -0.3 is 15.5 Å². The molecule has 2 N–H and O–H groups in total. The van der Waals surface area contributed by atoms with Crippen molar-refractivity contribution in [3.63, 3.8) is 0 Å². The molecule has 3 heterocycles. The average Bonchev–Trinajstić information content (AvgIpc) is 3.30. The number of rotatable bonds is 4. The van der Waals surface area contributed by atoms with Gasteiger partial charge in [0, 0.05) is 12.2 Å². The topological polar surface area (TPSA) is 92.2 Å². The molecule has 1 aromatic carbocycles. The molecule has 4 rings (SSSR count). The van der Waals surface area contributed by atoms with Gasteiger partial charge in [-0.2, -0.15) is 0 Å². The number of piperidine rings is 1. The van der Waals surface area contributed by atoms with Crippen LogP contribution in [0, 0.1) is 6.92 Å². The molecule has 0 saturated carbocycles. The molecule has 1 fully saturated rings. The first kappa shape index (κ1) is 17.7.